The number of hydrogen-bond acceptors (Lipinski definition) is 7. The molecule has 0 spiro atoms. The van der Waals surface area contributed by atoms with Gasteiger partial charge in [-0.3, -0.25) is 14.8 Å². The number of nitrogens with one attached hydrogen (secondary N) is 2. The summed E-state index contributed by atoms with van der Waals surface area (Å²) in [5.41, 5.74) is -4.85. The first-order chi connectivity index (χ1) is 15.2. The molecule has 33 heavy (non-hydrogen) atoms. The predicted molar refractivity (Wildman–Crippen MR) is 110 cm³/mol. The zero-order valence-corrected chi connectivity index (χ0v) is 19.2. The van der Waals surface area contributed by atoms with Crippen LogP contribution >= 0.6 is 0 Å². The van der Waals surface area contributed by atoms with Gasteiger partial charge in [-0.25, -0.2) is 13.9 Å². The monoisotopic (exact) mass is 495 g/mol. The largest absolute Gasteiger partial charge is 0.501 e. The van der Waals surface area contributed by atoms with Crippen molar-refractivity contribution in [2.75, 3.05) is 19.6 Å². The number of carbonyl (C=O) groups is 2. The summed E-state index contributed by atoms with van der Waals surface area (Å²) in [6.07, 6.45) is -1.68. The van der Waals surface area contributed by atoms with Crippen LogP contribution in [-0.2, 0) is 25.0 Å². The Morgan fingerprint density at radius 2 is 1.82 bits per heavy atom. The normalized spacial score (nSPS) is 21.5. The topological polar surface area (TPSA) is 136 Å². The van der Waals surface area contributed by atoms with Crippen LogP contribution in [0.3, 0.4) is 0 Å². The molecule has 186 valence electrons. The summed E-state index contributed by atoms with van der Waals surface area (Å²) in [5, 5.41) is 22.3. The molecule has 1 fully saturated rings. The molecule has 1 aromatic rings. The Morgan fingerprint density at radius 3 is 2.30 bits per heavy atom. The minimum absolute atomic E-state index is 0.0823. The Morgan fingerprint density at radius 1 is 1.24 bits per heavy atom. The molecular formula is C20H28F3N3O6S. The highest BCUT2D eigenvalue weighted by molar-refractivity contribution is 7.92. The molecule has 4 N–H and O–H groups in total. The Hall–Kier alpha value is -2.22. The second-order valence-electron chi connectivity index (χ2n) is 8.57. The van der Waals surface area contributed by atoms with Crippen molar-refractivity contribution in [1.82, 2.24) is 15.7 Å². The minimum atomic E-state index is -5.52. The fourth-order valence-corrected chi connectivity index (χ4v) is 4.69. The highest BCUT2D eigenvalue weighted by atomic mass is 32.2. The molecule has 1 saturated heterocycles. The quantitative estimate of drug-likeness (QED) is 0.329. The number of rotatable bonds is 7. The van der Waals surface area contributed by atoms with Gasteiger partial charge in [-0.05, 0) is 37.0 Å². The van der Waals surface area contributed by atoms with E-state index in [4.69, 9.17) is 5.21 Å². The maximum atomic E-state index is 13.5. The van der Waals surface area contributed by atoms with Gasteiger partial charge in [0.1, 0.15) is 6.10 Å². The number of halogens is 3. The molecule has 1 aliphatic heterocycles. The summed E-state index contributed by atoms with van der Waals surface area (Å²) >= 11 is 0. The lowest BCUT2D eigenvalue weighted by atomic mass is 9.84. The molecular weight excluding hydrogens is 467 g/mol. The van der Waals surface area contributed by atoms with Crippen LogP contribution in [0.15, 0.2) is 29.2 Å². The molecule has 2 amide bonds. The molecule has 9 nitrogen and oxygen atoms in total. The summed E-state index contributed by atoms with van der Waals surface area (Å²) in [7, 11) is -5.52. The second-order valence-corrected chi connectivity index (χ2v) is 10.5. The molecule has 0 bridgehead atoms. The third kappa shape index (κ3) is 5.48. The number of alkyl halides is 3. The minimum Gasteiger partial charge on any atom is -0.382 e. The Bertz CT molecular complexity index is 968. The maximum absolute atomic E-state index is 13.5. The van der Waals surface area contributed by atoms with Crippen molar-refractivity contribution in [1.29, 1.82) is 0 Å². The number of aliphatic hydroxyl groups is 1. The molecule has 3 atom stereocenters. The van der Waals surface area contributed by atoms with Gasteiger partial charge in [0, 0.05) is 19.6 Å². The van der Waals surface area contributed by atoms with E-state index in [2.05, 4.69) is 5.32 Å². The van der Waals surface area contributed by atoms with Crippen molar-refractivity contribution in [3.8, 4) is 0 Å². The van der Waals surface area contributed by atoms with Gasteiger partial charge in [0.2, 0.25) is 5.91 Å². The van der Waals surface area contributed by atoms with Crippen molar-refractivity contribution in [2.45, 2.75) is 49.2 Å². The third-order valence-corrected chi connectivity index (χ3v) is 7.24. The number of amides is 2. The maximum Gasteiger partial charge on any atom is 0.501 e. The lowest BCUT2D eigenvalue weighted by molar-refractivity contribution is -0.155. The summed E-state index contributed by atoms with van der Waals surface area (Å²) in [6, 6.07) is 4.08. The first kappa shape index (κ1) is 27.0. The Balaban J connectivity index is 2.45. The molecule has 0 radical (unpaired) electrons. The van der Waals surface area contributed by atoms with Crippen molar-refractivity contribution in [3.63, 3.8) is 0 Å². The number of hydrogen-bond donors (Lipinski definition) is 4. The van der Waals surface area contributed by atoms with E-state index >= 15 is 0 Å². The fourth-order valence-electron chi connectivity index (χ4n) is 3.92. The van der Waals surface area contributed by atoms with E-state index in [1.807, 2.05) is 0 Å². The van der Waals surface area contributed by atoms with Crippen molar-refractivity contribution in [2.24, 2.45) is 11.8 Å². The zero-order valence-electron chi connectivity index (χ0n) is 18.4. The average Bonchev–Trinajstić information content (AvgIpc) is 2.75. The smallest absolute Gasteiger partial charge is 0.382 e. The van der Waals surface area contributed by atoms with E-state index in [9.17, 15) is 36.3 Å². The van der Waals surface area contributed by atoms with Crippen LogP contribution in [0.25, 0.3) is 0 Å². The summed E-state index contributed by atoms with van der Waals surface area (Å²) in [4.78, 5) is 25.8. The Labute approximate surface area is 189 Å². The lowest BCUT2D eigenvalue weighted by Gasteiger charge is -2.47. The molecule has 1 heterocycles. The SMILES string of the molecule is CC(C)C[C@H](C(=O)N1CCNC[C@@]1(C)c1ccc(S(=O)(=O)C(F)(F)F)cc1)[C@H](O)C(=O)NO. The van der Waals surface area contributed by atoms with Crippen LogP contribution in [0, 0.1) is 11.8 Å². The zero-order chi connectivity index (χ0) is 25.2. The molecule has 0 saturated carbocycles. The molecule has 0 unspecified atom stereocenters. The van der Waals surface area contributed by atoms with Gasteiger partial charge < -0.3 is 15.3 Å². The van der Waals surface area contributed by atoms with Gasteiger partial charge in [0.05, 0.1) is 16.4 Å². The van der Waals surface area contributed by atoms with Crippen molar-refractivity contribution >= 4 is 21.7 Å². The molecule has 0 aromatic heterocycles. The van der Waals surface area contributed by atoms with Crippen molar-refractivity contribution in [3.05, 3.63) is 29.8 Å². The first-order valence-electron chi connectivity index (χ1n) is 10.2. The number of nitrogens with zero attached hydrogens (tertiary/aromatic N) is 1. The molecule has 1 aliphatic rings. The highest BCUT2D eigenvalue weighted by Gasteiger charge is 2.48. The summed E-state index contributed by atoms with van der Waals surface area (Å²) in [5.74, 6) is -2.97. The van der Waals surface area contributed by atoms with Crippen molar-refractivity contribution < 1.29 is 41.5 Å². The molecule has 13 heteroatoms. The van der Waals surface area contributed by atoms with Crippen LogP contribution in [0.5, 0.6) is 0 Å². The van der Waals surface area contributed by atoms with Crippen LogP contribution in [0.2, 0.25) is 0 Å². The number of benzene rings is 1. The van der Waals surface area contributed by atoms with E-state index in [0.29, 0.717) is 12.1 Å². The fraction of sp³-hybridized carbons (Fsp3) is 0.600. The van der Waals surface area contributed by atoms with Gasteiger partial charge in [-0.15, -0.1) is 0 Å². The summed E-state index contributed by atoms with van der Waals surface area (Å²) in [6.45, 7) is 5.98. The second kappa shape index (κ2) is 9.95. The van der Waals surface area contributed by atoms with E-state index in [1.54, 1.807) is 20.8 Å². The molecule has 2 rings (SSSR count). The third-order valence-electron chi connectivity index (χ3n) is 5.74. The van der Waals surface area contributed by atoms with Crippen LogP contribution in [0.4, 0.5) is 13.2 Å². The average molecular weight is 496 g/mol. The van der Waals surface area contributed by atoms with Gasteiger partial charge in [-0.2, -0.15) is 13.2 Å². The van der Waals surface area contributed by atoms with Gasteiger partial charge >= 0.3 is 5.51 Å². The molecule has 0 aliphatic carbocycles. The van der Waals surface area contributed by atoms with E-state index < -0.39 is 49.6 Å². The van der Waals surface area contributed by atoms with E-state index in [1.165, 1.54) is 22.5 Å². The van der Waals surface area contributed by atoms with Gasteiger partial charge in [-0.1, -0.05) is 26.0 Å². The van der Waals surface area contributed by atoms with Crippen LogP contribution in [0.1, 0.15) is 32.8 Å². The number of carbonyl (C=O) groups excluding carboxylic acids is 2. The van der Waals surface area contributed by atoms with Crippen LogP contribution in [-0.4, -0.2) is 66.7 Å². The highest BCUT2D eigenvalue weighted by Crippen LogP contribution is 2.35. The number of hydroxylamine groups is 1. The Kier molecular flexibility index (Phi) is 8.15. The summed E-state index contributed by atoms with van der Waals surface area (Å²) < 4.78 is 61.9. The first-order valence-corrected chi connectivity index (χ1v) is 11.7. The standard InChI is InChI=1S/C20H28F3N3O6S/c1-12(2)10-15(16(27)17(28)25-30)18(29)26-9-8-24-11-19(26,3)13-4-6-14(7-5-13)33(31,32)20(21,22)23/h4-7,12,15-16,24,27,30H,8-11H2,1-3H3,(H,25,28)/t15-,16-,19-/m0/s1. The van der Waals surface area contributed by atoms with Gasteiger partial charge in [0.25, 0.3) is 15.7 Å². The van der Waals surface area contributed by atoms with Crippen LogP contribution < -0.4 is 10.8 Å². The van der Waals surface area contributed by atoms with Gasteiger partial charge in [0.15, 0.2) is 0 Å². The van der Waals surface area contributed by atoms with E-state index in [-0.39, 0.29) is 25.4 Å². The van der Waals surface area contributed by atoms with E-state index in [0.717, 1.165) is 12.1 Å². The lowest BCUT2D eigenvalue weighted by Crippen LogP contribution is -2.62. The number of sulfone groups is 1. The predicted octanol–water partition coefficient (Wildman–Crippen LogP) is 1.16. The number of piperazine rings is 1. The number of aliphatic hydroxyl groups excluding tert-OH is 1. The molecule has 1 aromatic carbocycles.